The van der Waals surface area contributed by atoms with Crippen LogP contribution < -0.4 is 16.6 Å². The van der Waals surface area contributed by atoms with Crippen molar-refractivity contribution in [2.24, 2.45) is 10.2 Å². The molecule has 44 heavy (non-hydrogen) atoms. The zero-order chi connectivity index (χ0) is 33.4. The normalized spacial score (nSPS) is 12.1. The number of benzene rings is 3. The Morgan fingerprint density at radius 3 is 1.95 bits per heavy atom. The number of azo groups is 1. The van der Waals surface area contributed by atoms with Crippen LogP contribution in [0.5, 0.6) is 11.5 Å². The van der Waals surface area contributed by atoms with Crippen LogP contribution >= 0.6 is 12.0 Å². The van der Waals surface area contributed by atoms with E-state index in [0.717, 1.165) is 18.4 Å². The van der Waals surface area contributed by atoms with Gasteiger partial charge < -0.3 is 31.0 Å². The molecule has 19 heteroatoms. The monoisotopic (exact) mass is 725 g/mol. The number of hydrogen-bond acceptors (Lipinski definition) is 13. The van der Waals surface area contributed by atoms with Gasteiger partial charge in [-0.15, -0.1) is 15.1 Å². The van der Waals surface area contributed by atoms with Crippen molar-refractivity contribution >= 4 is 60.0 Å². The maximum atomic E-state index is 12.4. The van der Waals surface area contributed by atoms with E-state index in [9.17, 15) is 31.6 Å². The van der Waals surface area contributed by atoms with Gasteiger partial charge in [0.1, 0.15) is 15.8 Å². The average Bonchev–Trinajstić information content (AvgIpc) is 2.79. The Morgan fingerprint density at radius 2 is 1.48 bits per heavy atom. The maximum absolute atomic E-state index is 12.4. The Labute approximate surface area is 271 Å². The third kappa shape index (κ3) is 16.0. The van der Waals surface area contributed by atoms with E-state index in [-0.39, 0.29) is 60.9 Å². The van der Waals surface area contributed by atoms with Gasteiger partial charge in [0.25, 0.3) is 0 Å². The summed E-state index contributed by atoms with van der Waals surface area (Å²) < 4.78 is 64.8. The fourth-order valence-corrected chi connectivity index (χ4v) is 4.22. The predicted molar refractivity (Wildman–Crippen MR) is 157 cm³/mol. The number of sulfonamides is 1. The summed E-state index contributed by atoms with van der Waals surface area (Å²) in [6.45, 7) is 12.5. The summed E-state index contributed by atoms with van der Waals surface area (Å²) in [6.07, 6.45) is 0.878. The summed E-state index contributed by atoms with van der Waals surface area (Å²) in [5.74, 6) is -1.74. The summed E-state index contributed by atoms with van der Waals surface area (Å²) in [7, 11) is -8.74. The van der Waals surface area contributed by atoms with Crippen molar-refractivity contribution < 1.29 is 74.8 Å². The van der Waals surface area contributed by atoms with Gasteiger partial charge in [0.2, 0.25) is 0 Å². The number of quaternary nitrogens is 2. The van der Waals surface area contributed by atoms with E-state index in [2.05, 4.69) is 77.3 Å². The van der Waals surface area contributed by atoms with Crippen molar-refractivity contribution in [3.05, 3.63) is 47.2 Å². The molecule has 0 bridgehead atoms. The topological polar surface area (TPSA) is 267 Å². The number of rotatable bonds is 8. The van der Waals surface area contributed by atoms with E-state index in [1.807, 2.05) is 0 Å². The Kier molecular flexibility index (Phi) is 15.7. The van der Waals surface area contributed by atoms with Gasteiger partial charge in [-0.25, -0.2) is 22.1 Å². The SMILES string of the molecule is CC(C)(C)[NH3+].CC(C)(C)[NH3+].CS(=O)(=O)[N-]c1ccccc1N=Nc1c(SOOO)cc2cc(S(=O)(=O)[O-])cc([O-])c2c1O.[Cu+]. The molecule has 3 rings (SSSR count). The van der Waals surface area contributed by atoms with Crippen molar-refractivity contribution in [1.82, 2.24) is 0 Å². The molecule has 0 aliphatic carbocycles. The summed E-state index contributed by atoms with van der Waals surface area (Å²) in [4.78, 5) is -0.935. The maximum Gasteiger partial charge on any atom is 1.00 e. The standard InChI is InChI=1S/C17H14N3O10S3.2C4H11N.Cu/c1-32(24,25)20-12-5-3-2-4-11(12)18-19-16-14(31-30-29-23)7-9-6-10(33(26,27)28)8-13(21)15(9)17(16)22;2*1-4(2,3)5;/h2-8H,1H3,(H4-,18,19,20,21,22,23,26,27,28);2*5H2,1-3H3;/q-1;;;+1. The number of nitrogens with zero attached hydrogens (tertiary/aromatic N) is 3. The van der Waals surface area contributed by atoms with Crippen LogP contribution in [-0.4, -0.2) is 49.1 Å². The smallest absolute Gasteiger partial charge is 0.872 e. The second-order valence-electron chi connectivity index (χ2n) is 11.4. The number of phenolic OH excluding ortho intramolecular Hbond substituents is 1. The van der Waals surface area contributed by atoms with Gasteiger partial charge in [0.15, 0.2) is 5.75 Å². The molecule has 0 heterocycles. The fourth-order valence-electron chi connectivity index (χ4n) is 2.69. The van der Waals surface area contributed by atoms with Crippen molar-refractivity contribution in [2.45, 2.75) is 62.4 Å². The van der Waals surface area contributed by atoms with Gasteiger partial charge in [0.05, 0.1) is 48.6 Å². The molecule has 0 amide bonds. The van der Waals surface area contributed by atoms with E-state index < -0.39 is 36.5 Å². The van der Waals surface area contributed by atoms with Crippen molar-refractivity contribution in [2.75, 3.05) is 6.26 Å². The van der Waals surface area contributed by atoms with Gasteiger partial charge in [-0.3, -0.25) is 0 Å². The number of fused-ring (bicyclic) bond motifs is 1. The van der Waals surface area contributed by atoms with Crippen LogP contribution in [0.2, 0.25) is 0 Å². The number of hydrogen-bond donors (Lipinski definition) is 4. The molecule has 8 N–H and O–H groups in total. The molecule has 0 fully saturated rings. The first-order chi connectivity index (χ1) is 19.4. The molecule has 0 saturated heterocycles. The molecule has 0 unspecified atom stereocenters. The zero-order valence-electron chi connectivity index (χ0n) is 25.0. The minimum absolute atomic E-state index is 0. The molecule has 15 nitrogen and oxygen atoms in total. The van der Waals surface area contributed by atoms with E-state index >= 15 is 0 Å². The average molecular weight is 726 g/mol. The van der Waals surface area contributed by atoms with Crippen molar-refractivity contribution in [1.29, 1.82) is 0 Å². The van der Waals surface area contributed by atoms with Crippen molar-refractivity contribution in [3.63, 3.8) is 0 Å². The molecule has 0 aliphatic heterocycles. The Balaban J connectivity index is 0.00000146. The zero-order valence-corrected chi connectivity index (χ0v) is 28.4. The molecule has 0 saturated carbocycles. The van der Waals surface area contributed by atoms with Crippen molar-refractivity contribution in [3.8, 4) is 11.5 Å². The van der Waals surface area contributed by atoms with Gasteiger partial charge >= 0.3 is 17.1 Å². The molecule has 0 atom stereocenters. The van der Waals surface area contributed by atoms with Crippen LogP contribution in [0.1, 0.15) is 41.5 Å². The molecule has 0 aliphatic rings. The van der Waals surface area contributed by atoms with Gasteiger partial charge in [0, 0.05) is 11.6 Å². The van der Waals surface area contributed by atoms with E-state index in [0.29, 0.717) is 18.1 Å². The van der Waals surface area contributed by atoms with Gasteiger partial charge in [-0.2, -0.15) is 5.11 Å². The summed E-state index contributed by atoms with van der Waals surface area (Å²) in [5, 5.41) is 42.2. The van der Waals surface area contributed by atoms with Crippen LogP contribution in [0, 0.1) is 0 Å². The predicted octanol–water partition coefficient (Wildman–Crippen LogP) is 3.38. The molecular formula is C25H36CuN5O10S3. The first-order valence-electron chi connectivity index (χ1n) is 12.2. The van der Waals surface area contributed by atoms with Gasteiger partial charge in [-0.1, -0.05) is 35.1 Å². The van der Waals surface area contributed by atoms with Gasteiger partial charge in [-0.05, 0) is 65.1 Å². The minimum atomic E-state index is -4.97. The Bertz CT molecular complexity index is 1630. The van der Waals surface area contributed by atoms with Crippen LogP contribution in [0.3, 0.4) is 0 Å². The molecule has 250 valence electrons. The third-order valence-electron chi connectivity index (χ3n) is 3.93. The number of phenols is 1. The molecule has 3 aromatic carbocycles. The molecule has 0 aromatic heterocycles. The molecule has 3 aromatic rings. The largest absolute Gasteiger partial charge is 1.00 e. The molecule has 0 spiro atoms. The minimum Gasteiger partial charge on any atom is -0.872 e. The molecular weight excluding hydrogens is 690 g/mol. The fraction of sp³-hybridized carbons (Fsp3) is 0.360. The summed E-state index contributed by atoms with van der Waals surface area (Å²) in [5.41, 5.74) is 7.62. The van der Waals surface area contributed by atoms with Crippen LogP contribution in [0.15, 0.2) is 62.5 Å². The van der Waals surface area contributed by atoms with E-state index in [4.69, 9.17) is 5.26 Å². The second-order valence-corrected chi connectivity index (χ2v) is 15.2. The van der Waals surface area contributed by atoms with Crippen LogP contribution in [0.25, 0.3) is 15.5 Å². The summed E-state index contributed by atoms with van der Waals surface area (Å²) >= 11 is 0.310. The third-order valence-corrected chi connectivity index (χ3v) is 5.89. The summed E-state index contributed by atoms with van der Waals surface area (Å²) in [6, 6.07) is 8.32. The van der Waals surface area contributed by atoms with E-state index in [1.165, 1.54) is 24.3 Å². The second kappa shape index (κ2) is 16.7. The van der Waals surface area contributed by atoms with Crippen LogP contribution in [-0.2, 0) is 46.6 Å². The van der Waals surface area contributed by atoms with Crippen LogP contribution in [0.4, 0.5) is 17.1 Å². The Morgan fingerprint density at radius 1 is 0.955 bits per heavy atom. The number of aromatic hydroxyl groups is 1. The first kappa shape index (κ1) is 41.4. The Hall–Kier alpha value is -2.55. The molecule has 0 radical (unpaired) electrons. The van der Waals surface area contributed by atoms with E-state index in [1.54, 1.807) is 0 Å². The first-order valence-corrected chi connectivity index (χ1v) is 16.2. The quantitative estimate of drug-likeness (QED) is 0.0652.